The summed E-state index contributed by atoms with van der Waals surface area (Å²) in [5.41, 5.74) is 3.44. The van der Waals surface area contributed by atoms with Crippen LogP contribution in [0.3, 0.4) is 0 Å². The molecule has 23 heavy (non-hydrogen) atoms. The summed E-state index contributed by atoms with van der Waals surface area (Å²) in [6.07, 6.45) is 7.56. The third-order valence-electron chi connectivity index (χ3n) is 3.94. The highest BCUT2D eigenvalue weighted by Crippen LogP contribution is 2.24. The van der Waals surface area contributed by atoms with E-state index in [-0.39, 0.29) is 5.75 Å². The first-order valence-electron chi connectivity index (χ1n) is 8.33. The highest BCUT2D eigenvalue weighted by atomic mass is 19.3. The van der Waals surface area contributed by atoms with Gasteiger partial charge in [-0.25, -0.2) is 0 Å². The first kappa shape index (κ1) is 17.5. The molecule has 0 aromatic heterocycles. The van der Waals surface area contributed by atoms with Crippen molar-refractivity contribution < 1.29 is 13.5 Å². The Morgan fingerprint density at radius 1 is 0.783 bits per heavy atom. The van der Waals surface area contributed by atoms with E-state index < -0.39 is 6.61 Å². The SMILES string of the molecule is CCCCCCCc1ccc(-c2ccc(OC(F)F)cc2)cc1. The van der Waals surface area contributed by atoms with Crippen molar-refractivity contribution in [1.29, 1.82) is 0 Å². The average molecular weight is 318 g/mol. The predicted octanol–water partition coefficient (Wildman–Crippen LogP) is 6.47. The van der Waals surface area contributed by atoms with Crippen molar-refractivity contribution in [2.45, 2.75) is 52.1 Å². The Bertz CT molecular complexity index is 561. The monoisotopic (exact) mass is 318 g/mol. The molecule has 3 heteroatoms. The molecule has 0 aliphatic carbocycles. The molecule has 0 saturated heterocycles. The number of hydrogen-bond acceptors (Lipinski definition) is 1. The van der Waals surface area contributed by atoms with E-state index in [9.17, 15) is 8.78 Å². The zero-order valence-corrected chi connectivity index (χ0v) is 13.6. The molecule has 0 fully saturated rings. The lowest BCUT2D eigenvalue weighted by Gasteiger charge is -2.07. The van der Waals surface area contributed by atoms with Crippen molar-refractivity contribution in [2.75, 3.05) is 0 Å². The molecule has 0 spiro atoms. The Hall–Kier alpha value is -1.90. The Balaban J connectivity index is 1.88. The topological polar surface area (TPSA) is 9.23 Å². The highest BCUT2D eigenvalue weighted by molar-refractivity contribution is 5.64. The molecular formula is C20H24F2O. The van der Waals surface area contributed by atoms with Gasteiger partial charge < -0.3 is 4.74 Å². The second-order valence-corrected chi connectivity index (χ2v) is 5.76. The van der Waals surface area contributed by atoms with Crippen molar-refractivity contribution in [2.24, 2.45) is 0 Å². The fraction of sp³-hybridized carbons (Fsp3) is 0.400. The number of aryl methyl sites for hydroxylation is 1. The molecule has 0 unspecified atom stereocenters. The molecule has 0 bridgehead atoms. The molecule has 0 aliphatic heterocycles. The quantitative estimate of drug-likeness (QED) is 0.482. The first-order chi connectivity index (χ1) is 11.2. The molecule has 0 heterocycles. The lowest BCUT2D eigenvalue weighted by atomic mass is 10.0. The van der Waals surface area contributed by atoms with Crippen LogP contribution in [-0.4, -0.2) is 6.61 Å². The summed E-state index contributed by atoms with van der Waals surface area (Å²) in [6, 6.07) is 15.2. The summed E-state index contributed by atoms with van der Waals surface area (Å²) < 4.78 is 28.6. The van der Waals surface area contributed by atoms with E-state index in [0.717, 1.165) is 17.5 Å². The summed E-state index contributed by atoms with van der Waals surface area (Å²) in [5, 5.41) is 0. The molecule has 1 nitrogen and oxygen atoms in total. The second-order valence-electron chi connectivity index (χ2n) is 5.76. The van der Waals surface area contributed by atoms with Crippen LogP contribution >= 0.6 is 0 Å². The van der Waals surface area contributed by atoms with Gasteiger partial charge in [0.1, 0.15) is 5.75 Å². The minimum atomic E-state index is -2.78. The van der Waals surface area contributed by atoms with E-state index in [1.165, 1.54) is 37.7 Å². The third kappa shape index (κ3) is 6.01. The van der Waals surface area contributed by atoms with Gasteiger partial charge in [0.15, 0.2) is 0 Å². The molecule has 0 atom stereocenters. The van der Waals surface area contributed by atoms with Crippen molar-refractivity contribution >= 4 is 0 Å². The van der Waals surface area contributed by atoms with Gasteiger partial charge in [-0.2, -0.15) is 8.78 Å². The van der Waals surface area contributed by atoms with Gasteiger partial charge >= 0.3 is 6.61 Å². The fourth-order valence-electron chi connectivity index (χ4n) is 2.63. The predicted molar refractivity (Wildman–Crippen MR) is 91.0 cm³/mol. The van der Waals surface area contributed by atoms with Crippen molar-refractivity contribution in [1.82, 2.24) is 0 Å². The molecule has 0 N–H and O–H groups in total. The average Bonchev–Trinajstić information content (AvgIpc) is 2.55. The van der Waals surface area contributed by atoms with Gasteiger partial charge in [0.25, 0.3) is 0 Å². The molecule has 0 aliphatic rings. The zero-order chi connectivity index (χ0) is 16.5. The maximum Gasteiger partial charge on any atom is 0.387 e. The molecule has 2 aromatic carbocycles. The van der Waals surface area contributed by atoms with E-state index in [4.69, 9.17) is 0 Å². The van der Waals surface area contributed by atoms with Crippen molar-refractivity contribution in [3.8, 4) is 16.9 Å². The summed E-state index contributed by atoms with van der Waals surface area (Å²) in [4.78, 5) is 0. The number of rotatable bonds is 9. The fourth-order valence-corrected chi connectivity index (χ4v) is 2.63. The van der Waals surface area contributed by atoms with Crippen LogP contribution in [0.1, 0.15) is 44.6 Å². The van der Waals surface area contributed by atoms with Crippen LogP contribution in [-0.2, 0) is 6.42 Å². The van der Waals surface area contributed by atoms with Crippen LogP contribution < -0.4 is 4.74 Å². The van der Waals surface area contributed by atoms with E-state index >= 15 is 0 Å². The van der Waals surface area contributed by atoms with Gasteiger partial charge in [0.2, 0.25) is 0 Å². The lowest BCUT2D eigenvalue weighted by molar-refractivity contribution is -0.0498. The maximum absolute atomic E-state index is 12.1. The number of benzene rings is 2. The standard InChI is InChI=1S/C20H24F2O/c1-2-3-4-5-6-7-16-8-10-17(11-9-16)18-12-14-19(15-13-18)23-20(21)22/h8-15,20H,2-7H2,1H3. The largest absolute Gasteiger partial charge is 0.435 e. The van der Waals surface area contributed by atoms with E-state index in [0.29, 0.717) is 0 Å². The molecule has 2 rings (SSSR count). The van der Waals surface area contributed by atoms with Crippen LogP contribution in [0.4, 0.5) is 8.78 Å². The summed E-state index contributed by atoms with van der Waals surface area (Å²) in [7, 11) is 0. The number of unbranched alkanes of at least 4 members (excludes halogenated alkanes) is 4. The number of hydrogen-bond donors (Lipinski definition) is 0. The van der Waals surface area contributed by atoms with Crippen LogP contribution in [0.15, 0.2) is 48.5 Å². The minimum Gasteiger partial charge on any atom is -0.435 e. The molecule has 0 amide bonds. The number of halogens is 2. The molecule has 124 valence electrons. The smallest absolute Gasteiger partial charge is 0.387 e. The summed E-state index contributed by atoms with van der Waals surface area (Å²) in [5.74, 6) is 0.187. The van der Waals surface area contributed by atoms with Crippen molar-refractivity contribution in [3.05, 3.63) is 54.1 Å². The lowest BCUT2D eigenvalue weighted by Crippen LogP contribution is -2.01. The van der Waals surface area contributed by atoms with Crippen LogP contribution in [0.5, 0.6) is 5.75 Å². The summed E-state index contributed by atoms with van der Waals surface area (Å²) >= 11 is 0. The van der Waals surface area contributed by atoms with E-state index in [1.807, 2.05) is 0 Å². The maximum atomic E-state index is 12.1. The van der Waals surface area contributed by atoms with Crippen LogP contribution in [0.2, 0.25) is 0 Å². The summed E-state index contributed by atoms with van der Waals surface area (Å²) in [6.45, 7) is -0.553. The molecule has 0 saturated carbocycles. The van der Waals surface area contributed by atoms with Crippen molar-refractivity contribution in [3.63, 3.8) is 0 Å². The van der Waals surface area contributed by atoms with Gasteiger partial charge in [-0.3, -0.25) is 0 Å². The Kier molecular flexibility index (Phi) is 7.05. The second kappa shape index (κ2) is 9.29. The van der Waals surface area contributed by atoms with Gasteiger partial charge in [0, 0.05) is 0 Å². The Labute approximate surface area is 137 Å². The highest BCUT2D eigenvalue weighted by Gasteiger charge is 2.04. The van der Waals surface area contributed by atoms with E-state index in [1.54, 1.807) is 24.3 Å². The molecule has 0 radical (unpaired) electrons. The number of alkyl halides is 2. The third-order valence-corrected chi connectivity index (χ3v) is 3.94. The van der Waals surface area contributed by atoms with Gasteiger partial charge in [-0.05, 0) is 41.7 Å². The van der Waals surface area contributed by atoms with E-state index in [2.05, 4.69) is 35.9 Å². The van der Waals surface area contributed by atoms with Gasteiger partial charge in [-0.15, -0.1) is 0 Å². The Morgan fingerprint density at radius 2 is 1.35 bits per heavy atom. The van der Waals surface area contributed by atoms with Gasteiger partial charge in [-0.1, -0.05) is 69.0 Å². The molecular weight excluding hydrogens is 294 g/mol. The number of ether oxygens (including phenoxy) is 1. The normalized spacial score (nSPS) is 11.0. The van der Waals surface area contributed by atoms with Crippen LogP contribution in [0, 0.1) is 0 Å². The zero-order valence-electron chi connectivity index (χ0n) is 13.6. The Morgan fingerprint density at radius 3 is 1.91 bits per heavy atom. The minimum absolute atomic E-state index is 0.187. The first-order valence-corrected chi connectivity index (χ1v) is 8.33. The van der Waals surface area contributed by atoms with Crippen LogP contribution in [0.25, 0.3) is 11.1 Å². The molecule has 2 aromatic rings. The van der Waals surface area contributed by atoms with Gasteiger partial charge in [0.05, 0.1) is 0 Å².